The third kappa shape index (κ3) is 3.44. The molecule has 0 bridgehead atoms. The van der Waals surface area contributed by atoms with Crippen LogP contribution in [0.5, 0.6) is 0 Å². The van der Waals surface area contributed by atoms with Crippen molar-refractivity contribution >= 4 is 11.8 Å². The zero-order valence-electron chi connectivity index (χ0n) is 18.0. The Hall–Kier alpha value is -3.35. The summed E-state index contributed by atoms with van der Waals surface area (Å²) in [5.74, 6) is 1.25. The van der Waals surface area contributed by atoms with Crippen LogP contribution in [0.4, 0.5) is 0 Å². The highest BCUT2D eigenvalue weighted by Gasteiger charge is 2.35. The fourth-order valence-corrected chi connectivity index (χ4v) is 4.77. The number of piperidine rings is 1. The summed E-state index contributed by atoms with van der Waals surface area (Å²) in [6.07, 6.45) is 5.52. The van der Waals surface area contributed by atoms with Crippen LogP contribution in [0.2, 0.25) is 0 Å². The van der Waals surface area contributed by atoms with Crippen molar-refractivity contribution in [2.24, 2.45) is 5.92 Å². The Balaban J connectivity index is 1.42. The number of likely N-dealkylation sites (tertiary alicyclic amines) is 1. The molecule has 2 aromatic heterocycles. The van der Waals surface area contributed by atoms with Gasteiger partial charge in [0.25, 0.3) is 0 Å². The lowest BCUT2D eigenvalue weighted by Crippen LogP contribution is -2.42. The maximum absolute atomic E-state index is 13.2. The van der Waals surface area contributed by atoms with E-state index in [1.165, 1.54) is 0 Å². The van der Waals surface area contributed by atoms with Crippen molar-refractivity contribution in [3.8, 4) is 11.5 Å². The van der Waals surface area contributed by atoms with Gasteiger partial charge in [-0.2, -0.15) is 5.10 Å². The Labute approximate surface area is 181 Å². The van der Waals surface area contributed by atoms with Crippen molar-refractivity contribution in [3.63, 3.8) is 0 Å². The second kappa shape index (κ2) is 7.72. The molecular formula is C24H27N5O2. The molecule has 2 aliphatic rings. The predicted octanol–water partition coefficient (Wildman–Crippen LogP) is 3.07. The van der Waals surface area contributed by atoms with Crippen LogP contribution in [0.15, 0.2) is 48.8 Å². The smallest absolute Gasteiger partial charge is 0.226 e. The van der Waals surface area contributed by atoms with Crippen molar-refractivity contribution < 1.29 is 9.59 Å². The topological polar surface area (TPSA) is 63.4 Å². The minimum atomic E-state index is -0.0156. The number of aryl methyl sites for hydroxylation is 1. The fourth-order valence-electron chi connectivity index (χ4n) is 4.77. The molecule has 0 N–H and O–H groups in total. The van der Waals surface area contributed by atoms with Crippen LogP contribution in [0.25, 0.3) is 11.5 Å². The fraction of sp³-hybridized carbons (Fsp3) is 0.375. The molecular weight excluding hydrogens is 390 g/mol. The van der Waals surface area contributed by atoms with E-state index in [-0.39, 0.29) is 17.7 Å². The largest absolute Gasteiger partial charge is 0.343 e. The first-order chi connectivity index (χ1) is 15.0. The second-order valence-corrected chi connectivity index (χ2v) is 8.51. The SMILES string of the molecule is CC(=O)N1CCC(C(=O)N2Cc3nn(-c4ccccc4C)c(-n4cccc4)c3C2)CC1. The van der Waals surface area contributed by atoms with Crippen molar-refractivity contribution in [3.05, 3.63) is 65.6 Å². The number of para-hydroxylation sites is 1. The van der Waals surface area contributed by atoms with Crippen molar-refractivity contribution in [1.82, 2.24) is 24.1 Å². The van der Waals surface area contributed by atoms with Crippen molar-refractivity contribution in [2.75, 3.05) is 13.1 Å². The molecule has 1 saturated heterocycles. The molecule has 0 unspecified atom stereocenters. The maximum Gasteiger partial charge on any atom is 0.226 e. The Kier molecular flexibility index (Phi) is 4.88. The lowest BCUT2D eigenvalue weighted by molar-refractivity contribution is -0.140. The number of carbonyl (C=O) groups is 2. The zero-order chi connectivity index (χ0) is 21.5. The van der Waals surface area contributed by atoms with E-state index >= 15 is 0 Å². The molecule has 160 valence electrons. The molecule has 7 nitrogen and oxygen atoms in total. The summed E-state index contributed by atoms with van der Waals surface area (Å²) in [7, 11) is 0. The molecule has 0 aliphatic carbocycles. The van der Waals surface area contributed by atoms with Crippen LogP contribution in [-0.2, 0) is 22.7 Å². The van der Waals surface area contributed by atoms with Gasteiger partial charge in [-0.15, -0.1) is 0 Å². The summed E-state index contributed by atoms with van der Waals surface area (Å²) in [6.45, 7) is 6.12. The van der Waals surface area contributed by atoms with Gasteiger partial charge in [-0.1, -0.05) is 18.2 Å². The van der Waals surface area contributed by atoms with E-state index in [4.69, 9.17) is 5.10 Å². The summed E-state index contributed by atoms with van der Waals surface area (Å²) in [4.78, 5) is 28.6. The van der Waals surface area contributed by atoms with Gasteiger partial charge in [0.15, 0.2) is 0 Å². The molecule has 0 atom stereocenters. The summed E-state index contributed by atoms with van der Waals surface area (Å²) < 4.78 is 4.09. The number of aromatic nitrogens is 3. The Morgan fingerprint density at radius 2 is 1.68 bits per heavy atom. The monoisotopic (exact) mass is 417 g/mol. The van der Waals surface area contributed by atoms with E-state index in [1.807, 2.05) is 51.1 Å². The lowest BCUT2D eigenvalue weighted by atomic mass is 9.95. The molecule has 2 aliphatic heterocycles. The first kappa shape index (κ1) is 19.6. The average Bonchev–Trinajstić information content (AvgIpc) is 3.49. The summed E-state index contributed by atoms with van der Waals surface area (Å²) in [6, 6.07) is 12.2. The number of fused-ring (bicyclic) bond motifs is 1. The number of hydrogen-bond acceptors (Lipinski definition) is 3. The number of hydrogen-bond donors (Lipinski definition) is 0. The molecule has 31 heavy (non-hydrogen) atoms. The molecule has 1 fully saturated rings. The third-order valence-electron chi connectivity index (χ3n) is 6.52. The van der Waals surface area contributed by atoms with Crippen LogP contribution in [0, 0.1) is 12.8 Å². The molecule has 0 saturated carbocycles. The molecule has 2 amide bonds. The summed E-state index contributed by atoms with van der Waals surface area (Å²) >= 11 is 0. The molecule has 5 rings (SSSR count). The molecule has 0 radical (unpaired) electrons. The van der Waals surface area contributed by atoms with Gasteiger partial charge in [-0.25, -0.2) is 4.68 Å². The number of amides is 2. The van der Waals surface area contributed by atoms with Crippen LogP contribution in [0.1, 0.15) is 36.6 Å². The number of nitrogens with zero attached hydrogens (tertiary/aromatic N) is 5. The van der Waals surface area contributed by atoms with E-state index in [2.05, 4.69) is 23.6 Å². The summed E-state index contributed by atoms with van der Waals surface area (Å²) in [5, 5.41) is 4.94. The van der Waals surface area contributed by atoms with Gasteiger partial charge in [0.2, 0.25) is 11.8 Å². The van der Waals surface area contributed by atoms with Gasteiger partial charge in [-0.3, -0.25) is 9.59 Å². The van der Waals surface area contributed by atoms with E-state index in [0.717, 1.165) is 41.2 Å². The van der Waals surface area contributed by atoms with E-state index in [9.17, 15) is 9.59 Å². The van der Waals surface area contributed by atoms with Gasteiger partial charge >= 0.3 is 0 Å². The highest BCUT2D eigenvalue weighted by atomic mass is 16.2. The highest BCUT2D eigenvalue weighted by molar-refractivity contribution is 5.80. The normalized spacial score (nSPS) is 16.6. The van der Waals surface area contributed by atoms with E-state index < -0.39 is 0 Å². The molecule has 7 heteroatoms. The lowest BCUT2D eigenvalue weighted by Gasteiger charge is -2.32. The van der Waals surface area contributed by atoms with Crippen LogP contribution < -0.4 is 0 Å². The zero-order valence-corrected chi connectivity index (χ0v) is 18.0. The van der Waals surface area contributed by atoms with Crippen LogP contribution in [0.3, 0.4) is 0 Å². The average molecular weight is 418 g/mol. The second-order valence-electron chi connectivity index (χ2n) is 8.51. The van der Waals surface area contributed by atoms with Gasteiger partial charge in [-0.05, 0) is 43.5 Å². The number of carbonyl (C=O) groups excluding carboxylic acids is 2. The van der Waals surface area contributed by atoms with Gasteiger partial charge in [0.05, 0.1) is 24.5 Å². The number of benzene rings is 1. The Bertz CT molecular complexity index is 1120. The first-order valence-corrected chi connectivity index (χ1v) is 10.9. The standard InChI is InChI=1S/C24H27N5O2/c1-17-7-3-4-8-22(17)29-23(27-11-5-6-12-27)20-15-28(16-21(20)25-29)24(31)19-9-13-26(14-10-19)18(2)30/h3-8,11-12,19H,9-10,13-16H2,1-2H3. The maximum atomic E-state index is 13.2. The number of rotatable bonds is 3. The molecule has 0 spiro atoms. The van der Waals surface area contributed by atoms with Gasteiger partial charge in [0, 0.05) is 43.9 Å². The van der Waals surface area contributed by atoms with Crippen LogP contribution in [-0.4, -0.2) is 49.1 Å². The third-order valence-corrected chi connectivity index (χ3v) is 6.52. The van der Waals surface area contributed by atoms with Crippen molar-refractivity contribution in [1.29, 1.82) is 0 Å². The Morgan fingerprint density at radius 1 is 0.968 bits per heavy atom. The van der Waals surface area contributed by atoms with Crippen LogP contribution >= 0.6 is 0 Å². The quantitative estimate of drug-likeness (QED) is 0.658. The van der Waals surface area contributed by atoms with Crippen molar-refractivity contribution in [2.45, 2.75) is 39.8 Å². The molecule has 3 aromatic rings. The predicted molar refractivity (Wildman–Crippen MR) is 117 cm³/mol. The highest BCUT2D eigenvalue weighted by Crippen LogP contribution is 2.33. The Morgan fingerprint density at radius 3 is 2.35 bits per heavy atom. The summed E-state index contributed by atoms with van der Waals surface area (Å²) in [5.41, 5.74) is 4.27. The first-order valence-electron chi connectivity index (χ1n) is 10.9. The molecule has 4 heterocycles. The van der Waals surface area contributed by atoms with E-state index in [0.29, 0.717) is 26.2 Å². The molecule has 1 aromatic carbocycles. The van der Waals surface area contributed by atoms with E-state index in [1.54, 1.807) is 6.92 Å². The van der Waals surface area contributed by atoms with Gasteiger partial charge in [0.1, 0.15) is 5.82 Å². The minimum absolute atomic E-state index is 0.0156. The minimum Gasteiger partial charge on any atom is -0.343 e. The van der Waals surface area contributed by atoms with Gasteiger partial charge < -0.3 is 14.4 Å².